The predicted octanol–water partition coefficient (Wildman–Crippen LogP) is 9.06. The van der Waals surface area contributed by atoms with E-state index in [1.54, 1.807) is 29.9 Å². The summed E-state index contributed by atoms with van der Waals surface area (Å²) in [5.41, 5.74) is 3.65. The van der Waals surface area contributed by atoms with E-state index in [2.05, 4.69) is 26.1 Å². The Hall–Kier alpha value is -3.06. The fourth-order valence-electron chi connectivity index (χ4n) is 4.97. The Bertz CT molecular complexity index is 1520. The number of carbonyl (C=O) groups is 1. The topological polar surface area (TPSA) is 63.8 Å². The predicted molar refractivity (Wildman–Crippen MR) is 164 cm³/mol. The number of aliphatic imine (C=N–C) groups is 1. The fourth-order valence-corrected chi connectivity index (χ4v) is 6.63. The molecule has 2 aromatic carbocycles. The van der Waals surface area contributed by atoms with E-state index in [0.29, 0.717) is 51.2 Å². The molecule has 0 unspecified atom stereocenters. The number of rotatable bonds is 8. The van der Waals surface area contributed by atoms with E-state index >= 15 is 0 Å². The monoisotopic (exact) mass is 594 g/mol. The van der Waals surface area contributed by atoms with E-state index in [1.807, 2.05) is 48.5 Å². The van der Waals surface area contributed by atoms with Gasteiger partial charge in [0.25, 0.3) is 5.91 Å². The van der Waals surface area contributed by atoms with Gasteiger partial charge in [0.05, 0.1) is 18.4 Å². The number of benzene rings is 2. The van der Waals surface area contributed by atoms with Gasteiger partial charge in [-0.05, 0) is 84.2 Å². The number of carbonyl (C=O) groups excluding carboxylic acids is 1. The van der Waals surface area contributed by atoms with Gasteiger partial charge in [-0.3, -0.25) is 4.79 Å². The van der Waals surface area contributed by atoms with Gasteiger partial charge in [0.2, 0.25) is 0 Å². The van der Waals surface area contributed by atoms with E-state index < -0.39 is 0 Å². The van der Waals surface area contributed by atoms with Gasteiger partial charge in [-0.2, -0.15) is 0 Å². The summed E-state index contributed by atoms with van der Waals surface area (Å²) in [4.78, 5) is 19.6. The van der Waals surface area contributed by atoms with Crippen LogP contribution in [0.4, 0.5) is 5.00 Å². The molecule has 2 heterocycles. The summed E-state index contributed by atoms with van der Waals surface area (Å²) >= 11 is 14.1. The largest absolute Gasteiger partial charge is 0.488 e. The van der Waals surface area contributed by atoms with Crippen LogP contribution in [0, 0.1) is 11.3 Å². The van der Waals surface area contributed by atoms with Crippen LogP contribution in [-0.4, -0.2) is 12.1 Å². The lowest BCUT2D eigenvalue weighted by molar-refractivity contribution is 0.0947. The number of nitrogens with one attached hydrogen (secondary N) is 1. The summed E-state index contributed by atoms with van der Waals surface area (Å²) in [7, 11) is 0. The second kappa shape index (κ2) is 12.2. The molecular formula is C32H32Cl2N2O3S. The van der Waals surface area contributed by atoms with Gasteiger partial charge in [0, 0.05) is 26.7 Å². The molecule has 1 amide bonds. The van der Waals surface area contributed by atoms with Gasteiger partial charge in [0.15, 0.2) is 0 Å². The molecule has 0 radical (unpaired) electrons. The highest BCUT2D eigenvalue weighted by Gasteiger charge is 2.33. The van der Waals surface area contributed by atoms with Crippen molar-refractivity contribution in [3.05, 3.63) is 104 Å². The summed E-state index contributed by atoms with van der Waals surface area (Å²) in [6, 6.07) is 16.7. The number of halogens is 2. The second-order valence-corrected chi connectivity index (χ2v) is 13.1. The number of hydrogen-bond acceptors (Lipinski definition) is 5. The minimum Gasteiger partial charge on any atom is -0.488 e. The van der Waals surface area contributed by atoms with Crippen molar-refractivity contribution in [2.75, 3.05) is 0 Å². The number of fused-ring (bicyclic) bond motifs is 1. The Morgan fingerprint density at radius 3 is 2.73 bits per heavy atom. The zero-order valence-corrected chi connectivity index (χ0v) is 25.1. The van der Waals surface area contributed by atoms with Crippen LogP contribution in [-0.2, 0) is 26.0 Å². The van der Waals surface area contributed by atoms with Gasteiger partial charge in [-0.15, -0.1) is 11.3 Å². The first-order valence-electron chi connectivity index (χ1n) is 13.3. The van der Waals surface area contributed by atoms with Gasteiger partial charge >= 0.3 is 0 Å². The average molecular weight is 596 g/mol. The van der Waals surface area contributed by atoms with E-state index in [1.165, 1.54) is 4.88 Å². The Morgan fingerprint density at radius 1 is 1.15 bits per heavy atom. The van der Waals surface area contributed by atoms with Crippen LogP contribution in [0.25, 0.3) is 0 Å². The van der Waals surface area contributed by atoms with E-state index in [0.717, 1.165) is 36.0 Å². The molecule has 1 aliphatic carbocycles. The highest BCUT2D eigenvalue weighted by atomic mass is 35.5. The second-order valence-electron chi connectivity index (χ2n) is 11.1. The lowest BCUT2D eigenvalue weighted by Gasteiger charge is -2.33. The zero-order valence-electron chi connectivity index (χ0n) is 22.8. The average Bonchev–Trinajstić information content (AvgIpc) is 3.57. The third-order valence-corrected chi connectivity index (χ3v) is 8.91. The van der Waals surface area contributed by atoms with Gasteiger partial charge in [0.1, 0.15) is 23.1 Å². The lowest BCUT2D eigenvalue weighted by Crippen LogP contribution is -2.28. The molecule has 0 aliphatic heterocycles. The number of nitrogens with zero attached hydrogens (tertiary/aromatic N) is 1. The molecular weight excluding hydrogens is 563 g/mol. The van der Waals surface area contributed by atoms with E-state index in [9.17, 15) is 4.79 Å². The number of furan rings is 1. The summed E-state index contributed by atoms with van der Waals surface area (Å²) < 4.78 is 11.5. The summed E-state index contributed by atoms with van der Waals surface area (Å²) in [6.07, 6.45) is 6.19. The zero-order chi connectivity index (χ0) is 28.3. The quantitative estimate of drug-likeness (QED) is 0.207. The molecule has 0 saturated carbocycles. The molecule has 0 spiro atoms. The Kier molecular flexibility index (Phi) is 8.69. The first-order valence-corrected chi connectivity index (χ1v) is 14.9. The molecule has 0 bridgehead atoms. The molecule has 0 saturated heterocycles. The molecule has 40 heavy (non-hydrogen) atoms. The Morgan fingerprint density at radius 2 is 1.98 bits per heavy atom. The van der Waals surface area contributed by atoms with Crippen LogP contribution >= 0.6 is 34.5 Å². The first kappa shape index (κ1) is 28.5. The van der Waals surface area contributed by atoms with E-state index in [4.69, 9.17) is 37.3 Å². The first-order chi connectivity index (χ1) is 19.2. The third-order valence-electron chi connectivity index (χ3n) is 7.28. The minimum absolute atomic E-state index is 0.140. The van der Waals surface area contributed by atoms with Crippen LogP contribution in [0.1, 0.15) is 64.9 Å². The standard InChI is InChI=1S/C32H32Cl2N2O3S/c1-32(2,3)22-9-11-26-28(16-22)40-31(29(26)30(37)35-18-25-8-5-13-38-25)36-17-21-15-24(34)10-12-27(21)39-19-20-6-4-7-23(33)14-20/h4-8,10,12-15,17,22H,9,11,16,18-19H2,1-3H3,(H,35,37)/t22-/m1/s1. The number of hydrogen-bond donors (Lipinski definition) is 1. The van der Waals surface area contributed by atoms with Crippen molar-refractivity contribution in [2.24, 2.45) is 16.3 Å². The van der Waals surface area contributed by atoms with Crippen molar-refractivity contribution in [2.45, 2.75) is 53.2 Å². The lowest BCUT2D eigenvalue weighted by atomic mass is 9.72. The summed E-state index contributed by atoms with van der Waals surface area (Å²) in [6.45, 7) is 7.54. The van der Waals surface area contributed by atoms with Crippen molar-refractivity contribution in [1.82, 2.24) is 5.32 Å². The molecule has 8 heteroatoms. The maximum absolute atomic E-state index is 13.5. The van der Waals surface area contributed by atoms with Gasteiger partial charge in [-0.1, -0.05) is 56.1 Å². The van der Waals surface area contributed by atoms with Crippen LogP contribution in [0.5, 0.6) is 5.75 Å². The molecule has 5 nitrogen and oxygen atoms in total. The molecule has 4 aromatic rings. The number of amides is 1. The molecule has 5 rings (SSSR count). The summed E-state index contributed by atoms with van der Waals surface area (Å²) in [5, 5.41) is 4.95. The van der Waals surface area contributed by atoms with Crippen LogP contribution in [0.15, 0.2) is 70.3 Å². The Balaban J connectivity index is 1.44. The molecule has 1 aliphatic rings. The highest BCUT2D eigenvalue weighted by molar-refractivity contribution is 7.16. The van der Waals surface area contributed by atoms with Crippen molar-refractivity contribution >= 4 is 51.7 Å². The fraction of sp³-hybridized carbons (Fsp3) is 0.312. The smallest absolute Gasteiger partial charge is 0.255 e. The molecule has 1 atom stereocenters. The SMILES string of the molecule is CC(C)(C)[C@@H]1CCc2c(sc(N=Cc3cc(Cl)ccc3OCc3cccc(Cl)c3)c2C(=O)NCc2ccco2)C1. The summed E-state index contributed by atoms with van der Waals surface area (Å²) in [5.74, 6) is 1.76. The van der Waals surface area contributed by atoms with Crippen molar-refractivity contribution in [3.63, 3.8) is 0 Å². The van der Waals surface area contributed by atoms with Crippen molar-refractivity contribution in [3.8, 4) is 5.75 Å². The Labute approximate surface area is 249 Å². The third kappa shape index (κ3) is 6.80. The van der Waals surface area contributed by atoms with Crippen molar-refractivity contribution < 1.29 is 13.9 Å². The highest BCUT2D eigenvalue weighted by Crippen LogP contribution is 2.45. The maximum atomic E-state index is 13.5. The van der Waals surface area contributed by atoms with Crippen LogP contribution in [0.2, 0.25) is 10.0 Å². The minimum atomic E-state index is -0.140. The van der Waals surface area contributed by atoms with Gasteiger partial charge < -0.3 is 14.5 Å². The normalized spacial score (nSPS) is 15.3. The van der Waals surface area contributed by atoms with E-state index in [-0.39, 0.29) is 11.3 Å². The molecule has 2 aromatic heterocycles. The molecule has 0 fully saturated rings. The van der Waals surface area contributed by atoms with Crippen LogP contribution < -0.4 is 10.1 Å². The van der Waals surface area contributed by atoms with Crippen molar-refractivity contribution in [1.29, 1.82) is 0 Å². The maximum Gasteiger partial charge on any atom is 0.255 e. The van der Waals surface area contributed by atoms with Crippen LogP contribution in [0.3, 0.4) is 0 Å². The number of thiophene rings is 1. The van der Waals surface area contributed by atoms with Gasteiger partial charge in [-0.25, -0.2) is 4.99 Å². The molecule has 208 valence electrons. The number of ether oxygens (including phenoxy) is 1. The molecule has 1 N–H and O–H groups in total.